The highest BCUT2D eigenvalue weighted by Crippen LogP contribution is 2.35. The number of azo groups is 1. The number of aromatic nitrogens is 1. The average Bonchev–Trinajstić information content (AvgIpc) is 2.91. The second-order valence-electron chi connectivity index (χ2n) is 5.86. The van der Waals surface area contributed by atoms with Crippen LogP contribution in [0.15, 0.2) is 52.7 Å². The number of carbonyl (C=O) groups is 1. The standard InChI is InChI=1S/C17H14Cl2N4O4S/c1-28(26,27)23(12-7-10(18)6-11(19)8-12)9-15(24)21-22-16-13-4-2-3-5-14(13)20-17(16)25/h2-8,20,25H,9H2,1H3. The molecule has 0 fully saturated rings. The van der Waals surface area contributed by atoms with E-state index >= 15 is 0 Å². The van der Waals surface area contributed by atoms with Crippen molar-refractivity contribution in [3.05, 3.63) is 52.5 Å². The van der Waals surface area contributed by atoms with Gasteiger partial charge in [-0.15, -0.1) is 10.2 Å². The highest BCUT2D eigenvalue weighted by atomic mass is 35.5. The quantitative estimate of drug-likeness (QED) is 0.576. The van der Waals surface area contributed by atoms with Crippen molar-refractivity contribution in [1.82, 2.24) is 4.98 Å². The molecule has 11 heteroatoms. The van der Waals surface area contributed by atoms with Crippen molar-refractivity contribution in [2.45, 2.75) is 0 Å². The zero-order valence-corrected chi connectivity index (χ0v) is 16.8. The largest absolute Gasteiger partial charge is 0.493 e. The zero-order chi connectivity index (χ0) is 20.5. The minimum Gasteiger partial charge on any atom is -0.493 e. The molecule has 0 atom stereocenters. The van der Waals surface area contributed by atoms with Crippen LogP contribution in [-0.4, -0.2) is 37.2 Å². The summed E-state index contributed by atoms with van der Waals surface area (Å²) in [5, 5.41) is 18.3. The SMILES string of the molecule is CS(=O)(=O)N(CC(=O)N=Nc1c(O)[nH]c2ccccc12)c1cc(Cl)cc(Cl)c1. The highest BCUT2D eigenvalue weighted by molar-refractivity contribution is 7.92. The topological polar surface area (TPSA) is 115 Å². The lowest BCUT2D eigenvalue weighted by Crippen LogP contribution is -2.34. The summed E-state index contributed by atoms with van der Waals surface area (Å²) in [6.45, 7) is -0.609. The molecule has 1 aromatic heterocycles. The van der Waals surface area contributed by atoms with E-state index < -0.39 is 22.5 Å². The molecule has 3 aromatic rings. The van der Waals surface area contributed by atoms with Crippen molar-refractivity contribution >= 4 is 61.4 Å². The predicted molar refractivity (Wildman–Crippen MR) is 108 cm³/mol. The van der Waals surface area contributed by atoms with Crippen LogP contribution in [0, 0.1) is 0 Å². The number of nitrogens with zero attached hydrogens (tertiary/aromatic N) is 3. The van der Waals surface area contributed by atoms with E-state index in [0.29, 0.717) is 10.9 Å². The van der Waals surface area contributed by atoms with Crippen molar-refractivity contribution in [1.29, 1.82) is 0 Å². The van der Waals surface area contributed by atoms with Crippen molar-refractivity contribution in [3.8, 4) is 5.88 Å². The molecule has 0 aliphatic rings. The Bertz CT molecular complexity index is 1170. The van der Waals surface area contributed by atoms with Gasteiger partial charge in [-0.3, -0.25) is 9.10 Å². The Hall–Kier alpha value is -2.62. The fraction of sp³-hybridized carbons (Fsp3) is 0.118. The third kappa shape index (κ3) is 4.44. The number of aromatic hydroxyl groups is 1. The van der Waals surface area contributed by atoms with Gasteiger partial charge in [0.2, 0.25) is 15.9 Å². The number of nitrogens with one attached hydrogen (secondary N) is 1. The van der Waals surface area contributed by atoms with Crippen LogP contribution in [0.3, 0.4) is 0 Å². The number of para-hydroxylation sites is 1. The van der Waals surface area contributed by atoms with Gasteiger partial charge in [-0.2, -0.15) is 0 Å². The molecule has 3 rings (SSSR count). The number of rotatable bonds is 5. The molecular formula is C17H14Cl2N4O4S. The Kier molecular flexibility index (Phi) is 5.59. The molecule has 146 valence electrons. The van der Waals surface area contributed by atoms with Crippen LogP contribution >= 0.6 is 23.2 Å². The number of hydrogen-bond acceptors (Lipinski definition) is 5. The molecule has 1 heterocycles. The first-order valence-electron chi connectivity index (χ1n) is 7.83. The zero-order valence-electron chi connectivity index (χ0n) is 14.4. The fourth-order valence-corrected chi connectivity index (χ4v) is 3.91. The summed E-state index contributed by atoms with van der Waals surface area (Å²) < 4.78 is 25.1. The molecule has 1 amide bonds. The number of anilines is 1. The summed E-state index contributed by atoms with van der Waals surface area (Å²) in [6, 6.07) is 11.1. The van der Waals surface area contributed by atoms with Crippen molar-refractivity contribution in [2.24, 2.45) is 10.2 Å². The van der Waals surface area contributed by atoms with Gasteiger partial charge < -0.3 is 10.1 Å². The monoisotopic (exact) mass is 440 g/mol. The Morgan fingerprint density at radius 1 is 1.18 bits per heavy atom. The van der Waals surface area contributed by atoms with E-state index in [4.69, 9.17) is 23.2 Å². The predicted octanol–water partition coefficient (Wildman–Crippen LogP) is 4.26. The maximum Gasteiger partial charge on any atom is 0.285 e. The van der Waals surface area contributed by atoms with E-state index in [1.165, 1.54) is 18.2 Å². The van der Waals surface area contributed by atoms with Crippen molar-refractivity contribution in [2.75, 3.05) is 17.1 Å². The fourth-order valence-electron chi connectivity index (χ4n) is 2.56. The van der Waals surface area contributed by atoms with E-state index in [-0.39, 0.29) is 27.3 Å². The number of halogens is 2. The van der Waals surface area contributed by atoms with Gasteiger partial charge in [-0.25, -0.2) is 8.42 Å². The third-order valence-electron chi connectivity index (χ3n) is 3.74. The lowest BCUT2D eigenvalue weighted by molar-refractivity contribution is -0.116. The Morgan fingerprint density at radius 2 is 1.82 bits per heavy atom. The summed E-state index contributed by atoms with van der Waals surface area (Å²) in [5.41, 5.74) is 0.826. The van der Waals surface area contributed by atoms with Gasteiger partial charge in [0, 0.05) is 15.4 Å². The van der Waals surface area contributed by atoms with Crippen LogP contribution < -0.4 is 4.31 Å². The average molecular weight is 441 g/mol. The van der Waals surface area contributed by atoms with Crippen LogP contribution in [0.25, 0.3) is 10.9 Å². The van der Waals surface area contributed by atoms with Crippen molar-refractivity contribution in [3.63, 3.8) is 0 Å². The number of carbonyl (C=O) groups excluding carboxylic acids is 1. The summed E-state index contributed by atoms with van der Waals surface area (Å²) >= 11 is 11.8. The van der Waals surface area contributed by atoms with E-state index in [1.807, 2.05) is 0 Å². The minimum absolute atomic E-state index is 0.0839. The number of aromatic amines is 1. The minimum atomic E-state index is -3.82. The van der Waals surface area contributed by atoms with Gasteiger partial charge in [0.05, 0.1) is 17.5 Å². The van der Waals surface area contributed by atoms with Gasteiger partial charge in [-0.1, -0.05) is 41.4 Å². The van der Waals surface area contributed by atoms with Crippen LogP contribution in [-0.2, 0) is 14.8 Å². The number of sulfonamides is 1. The maximum absolute atomic E-state index is 12.3. The van der Waals surface area contributed by atoms with Crippen LogP contribution in [0.5, 0.6) is 5.88 Å². The molecule has 0 aliphatic heterocycles. The second-order valence-corrected chi connectivity index (χ2v) is 8.64. The van der Waals surface area contributed by atoms with Crippen molar-refractivity contribution < 1.29 is 18.3 Å². The van der Waals surface area contributed by atoms with Gasteiger partial charge in [0.25, 0.3) is 5.91 Å². The highest BCUT2D eigenvalue weighted by Gasteiger charge is 2.22. The van der Waals surface area contributed by atoms with Gasteiger partial charge in [-0.05, 0) is 24.3 Å². The maximum atomic E-state index is 12.3. The van der Waals surface area contributed by atoms with Crippen LogP contribution in [0.1, 0.15) is 0 Å². The molecule has 2 aromatic carbocycles. The molecule has 0 spiro atoms. The lowest BCUT2D eigenvalue weighted by atomic mass is 10.2. The molecular weight excluding hydrogens is 427 g/mol. The third-order valence-corrected chi connectivity index (χ3v) is 5.31. The summed E-state index contributed by atoms with van der Waals surface area (Å²) in [4.78, 5) is 15.0. The molecule has 28 heavy (non-hydrogen) atoms. The van der Waals surface area contributed by atoms with E-state index in [0.717, 1.165) is 10.6 Å². The lowest BCUT2D eigenvalue weighted by Gasteiger charge is -2.20. The molecule has 0 saturated heterocycles. The normalized spacial score (nSPS) is 12.0. The first-order valence-corrected chi connectivity index (χ1v) is 10.4. The number of amides is 1. The number of H-pyrrole nitrogens is 1. The summed E-state index contributed by atoms with van der Waals surface area (Å²) in [7, 11) is -3.82. The number of benzene rings is 2. The van der Waals surface area contributed by atoms with Gasteiger partial charge >= 0.3 is 0 Å². The van der Waals surface area contributed by atoms with E-state index in [2.05, 4.69) is 15.2 Å². The molecule has 0 unspecified atom stereocenters. The Balaban J connectivity index is 1.88. The van der Waals surface area contributed by atoms with E-state index in [9.17, 15) is 18.3 Å². The van der Waals surface area contributed by atoms with Crippen LogP contribution in [0.2, 0.25) is 10.0 Å². The first kappa shape index (κ1) is 20.1. The summed E-state index contributed by atoms with van der Waals surface area (Å²) in [5.74, 6) is -1.09. The molecule has 8 nitrogen and oxygen atoms in total. The smallest absolute Gasteiger partial charge is 0.285 e. The Labute approximate surface area is 170 Å². The van der Waals surface area contributed by atoms with Gasteiger partial charge in [0.15, 0.2) is 5.69 Å². The van der Waals surface area contributed by atoms with Crippen LogP contribution in [0.4, 0.5) is 11.4 Å². The van der Waals surface area contributed by atoms with Gasteiger partial charge in [0.1, 0.15) is 6.54 Å². The first-order chi connectivity index (χ1) is 13.1. The Morgan fingerprint density at radius 3 is 2.46 bits per heavy atom. The molecule has 0 saturated carbocycles. The molecule has 0 radical (unpaired) electrons. The summed E-state index contributed by atoms with van der Waals surface area (Å²) in [6.07, 6.45) is 0.942. The van der Waals surface area contributed by atoms with E-state index in [1.54, 1.807) is 24.3 Å². The molecule has 2 N–H and O–H groups in total. The second kappa shape index (κ2) is 7.78. The number of hydrogen-bond donors (Lipinski definition) is 2. The molecule has 0 aliphatic carbocycles. The molecule has 0 bridgehead atoms. The number of fused-ring (bicyclic) bond motifs is 1.